The van der Waals surface area contributed by atoms with E-state index in [9.17, 15) is 4.39 Å². The monoisotopic (exact) mass is 269 g/mol. The van der Waals surface area contributed by atoms with Crippen molar-refractivity contribution in [1.82, 2.24) is 5.32 Å². The van der Waals surface area contributed by atoms with Gasteiger partial charge in [0.15, 0.2) is 0 Å². The molecular weight excluding hydrogens is 245 g/mol. The van der Waals surface area contributed by atoms with E-state index in [2.05, 4.69) is 19.2 Å². The number of nitrogens with one attached hydrogen (secondary N) is 1. The number of likely N-dealkylation sites (N-methyl/N-ethyl adjacent to an activating group) is 1. The lowest BCUT2D eigenvalue weighted by atomic mass is 9.93. The number of methoxy groups -OCH3 is 1. The van der Waals surface area contributed by atoms with E-state index in [1.54, 1.807) is 12.1 Å². The quantitative estimate of drug-likeness (QED) is 0.825. The molecule has 1 aromatic rings. The van der Waals surface area contributed by atoms with Crippen molar-refractivity contribution in [2.24, 2.45) is 5.92 Å². The highest BCUT2D eigenvalue weighted by molar-refractivity contribution is 5.31. The summed E-state index contributed by atoms with van der Waals surface area (Å²) in [5.41, 5.74) is 0.607. The van der Waals surface area contributed by atoms with Gasteiger partial charge in [0.05, 0.1) is 19.3 Å². The SMILES string of the molecule is CCOC(C(C)C)C(NC)c1ccc(OC)cc1F. The second kappa shape index (κ2) is 7.46. The van der Waals surface area contributed by atoms with Gasteiger partial charge in [-0.2, -0.15) is 0 Å². The second-order valence-corrected chi connectivity index (χ2v) is 4.82. The molecule has 108 valence electrons. The summed E-state index contributed by atoms with van der Waals surface area (Å²) in [5.74, 6) is 0.538. The maximum atomic E-state index is 14.2. The summed E-state index contributed by atoms with van der Waals surface area (Å²) in [7, 11) is 3.35. The van der Waals surface area contributed by atoms with Crippen LogP contribution in [-0.2, 0) is 4.74 Å². The molecule has 0 aliphatic heterocycles. The summed E-state index contributed by atoms with van der Waals surface area (Å²) >= 11 is 0. The largest absolute Gasteiger partial charge is 0.497 e. The molecule has 1 aromatic carbocycles. The molecule has 0 radical (unpaired) electrons. The van der Waals surface area contributed by atoms with Crippen LogP contribution < -0.4 is 10.1 Å². The maximum Gasteiger partial charge on any atom is 0.131 e. The smallest absolute Gasteiger partial charge is 0.131 e. The lowest BCUT2D eigenvalue weighted by Crippen LogP contribution is -2.36. The third-order valence-corrected chi connectivity index (χ3v) is 3.20. The van der Waals surface area contributed by atoms with Crippen LogP contribution in [0.3, 0.4) is 0 Å². The van der Waals surface area contributed by atoms with Crippen LogP contribution in [-0.4, -0.2) is 26.9 Å². The predicted octanol–water partition coefficient (Wildman–Crippen LogP) is 3.16. The van der Waals surface area contributed by atoms with Crippen molar-refractivity contribution in [2.75, 3.05) is 20.8 Å². The van der Waals surface area contributed by atoms with Crippen LogP contribution in [0.15, 0.2) is 18.2 Å². The average Bonchev–Trinajstić information content (AvgIpc) is 2.39. The molecule has 0 spiro atoms. The minimum atomic E-state index is -0.274. The van der Waals surface area contributed by atoms with Crippen molar-refractivity contribution in [3.8, 4) is 5.75 Å². The van der Waals surface area contributed by atoms with E-state index in [0.717, 1.165) is 0 Å². The Kier molecular flexibility index (Phi) is 6.25. The van der Waals surface area contributed by atoms with Crippen molar-refractivity contribution < 1.29 is 13.9 Å². The first-order chi connectivity index (χ1) is 9.04. The molecule has 0 aliphatic carbocycles. The van der Waals surface area contributed by atoms with Crippen molar-refractivity contribution >= 4 is 0 Å². The van der Waals surface area contributed by atoms with E-state index in [-0.39, 0.29) is 18.0 Å². The summed E-state index contributed by atoms with van der Waals surface area (Å²) in [4.78, 5) is 0. The molecule has 2 atom stereocenters. The highest BCUT2D eigenvalue weighted by Crippen LogP contribution is 2.28. The number of ether oxygens (including phenoxy) is 2. The highest BCUT2D eigenvalue weighted by atomic mass is 19.1. The fraction of sp³-hybridized carbons (Fsp3) is 0.600. The first-order valence-corrected chi connectivity index (χ1v) is 6.67. The molecule has 0 bridgehead atoms. The van der Waals surface area contributed by atoms with Crippen molar-refractivity contribution in [2.45, 2.75) is 32.9 Å². The average molecular weight is 269 g/mol. The Balaban J connectivity index is 3.07. The number of benzene rings is 1. The van der Waals surface area contributed by atoms with Crippen LogP contribution in [0.2, 0.25) is 0 Å². The van der Waals surface area contributed by atoms with E-state index in [1.165, 1.54) is 13.2 Å². The van der Waals surface area contributed by atoms with Crippen LogP contribution in [0.25, 0.3) is 0 Å². The fourth-order valence-corrected chi connectivity index (χ4v) is 2.25. The van der Waals surface area contributed by atoms with Crippen molar-refractivity contribution in [3.63, 3.8) is 0 Å². The lowest BCUT2D eigenvalue weighted by molar-refractivity contribution is 0.00379. The first kappa shape index (κ1) is 15.9. The summed E-state index contributed by atoms with van der Waals surface area (Å²) in [5, 5.41) is 3.16. The van der Waals surface area contributed by atoms with Gasteiger partial charge >= 0.3 is 0 Å². The molecule has 2 unspecified atom stereocenters. The van der Waals surface area contributed by atoms with E-state index in [1.807, 2.05) is 14.0 Å². The molecule has 3 nitrogen and oxygen atoms in total. The normalized spacial score (nSPS) is 14.5. The third-order valence-electron chi connectivity index (χ3n) is 3.20. The van der Waals surface area contributed by atoms with Gasteiger partial charge in [0, 0.05) is 18.2 Å². The van der Waals surface area contributed by atoms with Gasteiger partial charge in [0.1, 0.15) is 11.6 Å². The molecule has 0 saturated carbocycles. The number of hydrogen-bond acceptors (Lipinski definition) is 3. The molecule has 0 amide bonds. The highest BCUT2D eigenvalue weighted by Gasteiger charge is 2.27. The Morgan fingerprint density at radius 2 is 2.00 bits per heavy atom. The molecule has 1 rings (SSSR count). The van der Waals surface area contributed by atoms with Crippen molar-refractivity contribution in [3.05, 3.63) is 29.6 Å². The third kappa shape index (κ3) is 3.91. The van der Waals surface area contributed by atoms with Crippen molar-refractivity contribution in [1.29, 1.82) is 0 Å². The minimum Gasteiger partial charge on any atom is -0.497 e. The molecular formula is C15H24FNO2. The molecule has 0 heterocycles. The molecule has 0 aliphatic rings. The van der Waals surface area contributed by atoms with Gasteiger partial charge in [-0.3, -0.25) is 0 Å². The van der Waals surface area contributed by atoms with E-state index in [0.29, 0.717) is 23.8 Å². The second-order valence-electron chi connectivity index (χ2n) is 4.82. The lowest BCUT2D eigenvalue weighted by Gasteiger charge is -2.30. The van der Waals surface area contributed by atoms with Crippen LogP contribution in [0.5, 0.6) is 5.75 Å². The summed E-state index contributed by atoms with van der Waals surface area (Å²) in [6.07, 6.45) is -0.0714. The number of halogens is 1. The molecule has 0 aromatic heterocycles. The zero-order chi connectivity index (χ0) is 14.4. The fourth-order valence-electron chi connectivity index (χ4n) is 2.25. The van der Waals surface area contributed by atoms with Gasteiger partial charge in [0.2, 0.25) is 0 Å². The summed E-state index contributed by atoms with van der Waals surface area (Å²) in [6, 6.07) is 4.75. The zero-order valence-corrected chi connectivity index (χ0v) is 12.4. The van der Waals surface area contributed by atoms with Gasteiger partial charge in [-0.25, -0.2) is 4.39 Å². The minimum absolute atomic E-state index is 0.0714. The standard InChI is InChI=1S/C15H24FNO2/c1-6-19-15(10(2)3)14(17-4)12-8-7-11(18-5)9-13(12)16/h7-10,14-15,17H,6H2,1-5H3. The topological polar surface area (TPSA) is 30.5 Å². The molecule has 19 heavy (non-hydrogen) atoms. The van der Waals surface area contributed by atoms with Gasteiger partial charge in [0.25, 0.3) is 0 Å². The molecule has 1 N–H and O–H groups in total. The van der Waals surface area contributed by atoms with Gasteiger partial charge < -0.3 is 14.8 Å². The molecule has 4 heteroatoms. The zero-order valence-electron chi connectivity index (χ0n) is 12.4. The van der Waals surface area contributed by atoms with E-state index >= 15 is 0 Å². The van der Waals surface area contributed by atoms with E-state index in [4.69, 9.17) is 9.47 Å². The van der Waals surface area contributed by atoms with Crippen LogP contribution >= 0.6 is 0 Å². The first-order valence-electron chi connectivity index (χ1n) is 6.67. The Morgan fingerprint density at radius 3 is 2.42 bits per heavy atom. The Bertz CT molecular complexity index is 396. The molecule has 0 saturated heterocycles. The van der Waals surface area contributed by atoms with Crippen LogP contribution in [0, 0.1) is 11.7 Å². The van der Waals surface area contributed by atoms with Gasteiger partial charge in [-0.05, 0) is 26.0 Å². The summed E-state index contributed by atoms with van der Waals surface area (Å²) < 4.78 is 25.0. The molecule has 0 fully saturated rings. The summed E-state index contributed by atoms with van der Waals surface area (Å²) in [6.45, 7) is 6.71. The Hall–Kier alpha value is -1.13. The van der Waals surface area contributed by atoms with Gasteiger partial charge in [-0.1, -0.05) is 19.9 Å². The van der Waals surface area contributed by atoms with Crippen LogP contribution in [0.1, 0.15) is 32.4 Å². The predicted molar refractivity (Wildman–Crippen MR) is 75.0 cm³/mol. The number of hydrogen-bond donors (Lipinski definition) is 1. The number of rotatable bonds is 7. The maximum absolute atomic E-state index is 14.2. The van der Waals surface area contributed by atoms with E-state index < -0.39 is 0 Å². The Morgan fingerprint density at radius 1 is 1.32 bits per heavy atom. The Labute approximate surface area is 115 Å². The van der Waals surface area contributed by atoms with Gasteiger partial charge in [-0.15, -0.1) is 0 Å². The van der Waals surface area contributed by atoms with Crippen LogP contribution in [0.4, 0.5) is 4.39 Å².